The summed E-state index contributed by atoms with van der Waals surface area (Å²) in [6, 6.07) is 10.5. The fourth-order valence-corrected chi connectivity index (χ4v) is 4.44. The minimum atomic E-state index is -3.73. The second kappa shape index (κ2) is 8.64. The van der Waals surface area contributed by atoms with Gasteiger partial charge >= 0.3 is 0 Å². The maximum absolute atomic E-state index is 13.0. The Balaban J connectivity index is 1.57. The number of hydrogen-bond acceptors (Lipinski definition) is 6. The van der Waals surface area contributed by atoms with Gasteiger partial charge in [0, 0.05) is 32.2 Å². The summed E-state index contributed by atoms with van der Waals surface area (Å²) < 4.78 is 39.5. The van der Waals surface area contributed by atoms with Gasteiger partial charge in [-0.1, -0.05) is 12.1 Å². The van der Waals surface area contributed by atoms with Crippen LogP contribution in [0.15, 0.2) is 53.4 Å². The van der Waals surface area contributed by atoms with E-state index in [1.54, 1.807) is 11.0 Å². The zero-order valence-electron chi connectivity index (χ0n) is 15.3. The average Bonchev–Trinajstić information content (AvgIpc) is 2.69. The molecule has 9 nitrogen and oxygen atoms in total. The number of benzene rings is 2. The third kappa shape index (κ3) is 4.94. The number of anilines is 1. The lowest BCUT2D eigenvalue weighted by Gasteiger charge is -2.33. The number of nitro groups is 1. The Morgan fingerprint density at radius 2 is 1.69 bits per heavy atom. The molecule has 1 heterocycles. The number of halogens is 1. The Hall–Kier alpha value is -2.89. The molecule has 0 saturated carbocycles. The van der Waals surface area contributed by atoms with E-state index < -0.39 is 26.7 Å². The topological polar surface area (TPSA) is 113 Å². The van der Waals surface area contributed by atoms with Crippen LogP contribution in [0.25, 0.3) is 0 Å². The van der Waals surface area contributed by atoms with Crippen molar-refractivity contribution in [2.24, 2.45) is 0 Å². The Bertz CT molecular complexity index is 1010. The molecule has 1 aliphatic heterocycles. The van der Waals surface area contributed by atoms with E-state index in [9.17, 15) is 27.7 Å². The first-order valence-electron chi connectivity index (χ1n) is 8.79. The summed E-state index contributed by atoms with van der Waals surface area (Å²) in [6.45, 7) is 0.989. The molecule has 0 atom stereocenters. The minimum Gasteiger partial charge on any atom is -0.319 e. The number of nitrogens with one attached hydrogen (secondary N) is 1. The Kier molecular flexibility index (Phi) is 6.20. The molecule has 154 valence electrons. The van der Waals surface area contributed by atoms with Crippen LogP contribution in [-0.2, 0) is 14.8 Å². The molecule has 0 spiro atoms. The van der Waals surface area contributed by atoms with Gasteiger partial charge in [0.1, 0.15) is 11.5 Å². The van der Waals surface area contributed by atoms with Crippen molar-refractivity contribution < 1.29 is 22.5 Å². The highest BCUT2D eigenvalue weighted by molar-refractivity contribution is 7.89. The van der Waals surface area contributed by atoms with Crippen LogP contribution >= 0.6 is 0 Å². The monoisotopic (exact) mass is 422 g/mol. The molecule has 29 heavy (non-hydrogen) atoms. The van der Waals surface area contributed by atoms with E-state index in [4.69, 9.17) is 0 Å². The highest BCUT2D eigenvalue weighted by Gasteiger charge is 2.29. The molecule has 1 amide bonds. The molecule has 3 rings (SSSR count). The van der Waals surface area contributed by atoms with Crippen molar-refractivity contribution in [2.45, 2.75) is 4.90 Å². The van der Waals surface area contributed by atoms with Gasteiger partial charge in [0.15, 0.2) is 0 Å². The lowest BCUT2D eigenvalue weighted by atomic mass is 10.2. The van der Waals surface area contributed by atoms with Gasteiger partial charge in [0.05, 0.1) is 16.4 Å². The van der Waals surface area contributed by atoms with Crippen molar-refractivity contribution >= 4 is 27.3 Å². The van der Waals surface area contributed by atoms with Crippen molar-refractivity contribution in [3.05, 3.63) is 64.5 Å². The van der Waals surface area contributed by atoms with Gasteiger partial charge in [0.2, 0.25) is 15.9 Å². The van der Waals surface area contributed by atoms with Crippen molar-refractivity contribution in [3.63, 3.8) is 0 Å². The van der Waals surface area contributed by atoms with Gasteiger partial charge < -0.3 is 5.32 Å². The molecule has 1 fully saturated rings. The van der Waals surface area contributed by atoms with Crippen LogP contribution in [0, 0.1) is 15.9 Å². The first-order chi connectivity index (χ1) is 13.8. The van der Waals surface area contributed by atoms with Gasteiger partial charge in [-0.25, -0.2) is 12.8 Å². The summed E-state index contributed by atoms with van der Waals surface area (Å²) in [5, 5.41) is 13.5. The number of nitrogens with zero attached hydrogens (tertiary/aromatic N) is 3. The first-order valence-corrected chi connectivity index (χ1v) is 10.2. The van der Waals surface area contributed by atoms with Crippen LogP contribution in [0.3, 0.4) is 0 Å². The van der Waals surface area contributed by atoms with E-state index >= 15 is 0 Å². The summed E-state index contributed by atoms with van der Waals surface area (Å²) in [4.78, 5) is 24.5. The molecule has 0 unspecified atom stereocenters. The Labute approximate surface area is 166 Å². The second-order valence-corrected chi connectivity index (χ2v) is 8.39. The fourth-order valence-electron chi connectivity index (χ4n) is 3.02. The van der Waals surface area contributed by atoms with Crippen molar-refractivity contribution in [1.82, 2.24) is 9.21 Å². The number of para-hydroxylation sites is 2. The molecule has 1 aliphatic rings. The number of carbonyl (C=O) groups is 1. The van der Waals surface area contributed by atoms with Crippen LogP contribution in [0.4, 0.5) is 15.8 Å². The Morgan fingerprint density at radius 1 is 1.07 bits per heavy atom. The van der Waals surface area contributed by atoms with Crippen molar-refractivity contribution in [3.8, 4) is 0 Å². The number of sulfonamides is 1. The predicted molar refractivity (Wildman–Crippen MR) is 103 cm³/mol. The summed E-state index contributed by atoms with van der Waals surface area (Å²) in [5.41, 5.74) is -0.0870. The largest absolute Gasteiger partial charge is 0.319 e. The molecule has 0 bridgehead atoms. The number of rotatable bonds is 6. The van der Waals surface area contributed by atoms with Crippen LogP contribution < -0.4 is 5.32 Å². The van der Waals surface area contributed by atoms with Gasteiger partial charge in [0.25, 0.3) is 5.69 Å². The van der Waals surface area contributed by atoms with E-state index in [2.05, 4.69) is 5.32 Å². The summed E-state index contributed by atoms with van der Waals surface area (Å²) in [5.74, 6) is -0.937. The zero-order chi connectivity index (χ0) is 21.0. The molecule has 11 heteroatoms. The standard InChI is InChI=1S/C18H19FN4O5S/c19-14-5-7-15(8-6-14)29(27,28)22-11-9-21(10-12-22)13-18(24)20-16-3-1-2-4-17(16)23(25)26/h1-8H,9-13H2,(H,20,24). The quantitative estimate of drug-likeness (QED) is 0.560. The van der Waals surface area contributed by atoms with E-state index in [0.717, 1.165) is 12.1 Å². The summed E-state index contributed by atoms with van der Waals surface area (Å²) in [7, 11) is -3.73. The summed E-state index contributed by atoms with van der Waals surface area (Å²) >= 11 is 0. The smallest absolute Gasteiger partial charge is 0.292 e. The number of piperazine rings is 1. The third-order valence-corrected chi connectivity index (χ3v) is 6.44. The molecule has 2 aromatic rings. The number of nitro benzene ring substituents is 1. The maximum atomic E-state index is 13.0. The van der Waals surface area contributed by atoms with E-state index in [1.807, 2.05) is 0 Å². The molecule has 0 aliphatic carbocycles. The summed E-state index contributed by atoms with van der Waals surface area (Å²) in [6.07, 6.45) is 0. The van der Waals surface area contributed by atoms with E-state index in [1.165, 1.54) is 34.6 Å². The first kappa shape index (κ1) is 20.8. The molecule has 1 saturated heterocycles. The molecular formula is C18H19FN4O5S. The average molecular weight is 422 g/mol. The number of carbonyl (C=O) groups excluding carboxylic acids is 1. The number of hydrogen-bond donors (Lipinski definition) is 1. The Morgan fingerprint density at radius 3 is 2.31 bits per heavy atom. The zero-order valence-corrected chi connectivity index (χ0v) is 16.1. The van der Waals surface area contributed by atoms with Gasteiger partial charge in [-0.15, -0.1) is 0 Å². The van der Waals surface area contributed by atoms with Crippen LogP contribution in [0.2, 0.25) is 0 Å². The fraction of sp³-hybridized carbons (Fsp3) is 0.278. The normalized spacial score (nSPS) is 15.8. The minimum absolute atomic E-state index is 0.0153. The van der Waals surface area contributed by atoms with Crippen LogP contribution in [-0.4, -0.2) is 61.2 Å². The molecule has 2 aromatic carbocycles. The van der Waals surface area contributed by atoms with Crippen LogP contribution in [0.5, 0.6) is 0 Å². The maximum Gasteiger partial charge on any atom is 0.292 e. The molecule has 0 aromatic heterocycles. The van der Waals surface area contributed by atoms with Crippen LogP contribution in [0.1, 0.15) is 0 Å². The van der Waals surface area contributed by atoms with Gasteiger partial charge in [-0.2, -0.15) is 4.31 Å². The lowest BCUT2D eigenvalue weighted by Crippen LogP contribution is -2.50. The second-order valence-electron chi connectivity index (χ2n) is 6.46. The highest BCUT2D eigenvalue weighted by Crippen LogP contribution is 2.23. The third-order valence-electron chi connectivity index (χ3n) is 4.52. The SMILES string of the molecule is O=C(CN1CCN(S(=O)(=O)c2ccc(F)cc2)CC1)Nc1ccccc1[N+](=O)[O-]. The lowest BCUT2D eigenvalue weighted by molar-refractivity contribution is -0.383. The van der Waals surface area contributed by atoms with Gasteiger partial charge in [-0.05, 0) is 30.3 Å². The van der Waals surface area contributed by atoms with Crippen molar-refractivity contribution in [2.75, 3.05) is 38.0 Å². The molecule has 0 radical (unpaired) electrons. The van der Waals surface area contributed by atoms with E-state index in [0.29, 0.717) is 13.1 Å². The number of amides is 1. The molecular weight excluding hydrogens is 403 g/mol. The highest BCUT2D eigenvalue weighted by atomic mass is 32.2. The van der Waals surface area contributed by atoms with Crippen molar-refractivity contribution in [1.29, 1.82) is 0 Å². The predicted octanol–water partition coefficient (Wildman–Crippen LogP) is 1.68. The van der Waals surface area contributed by atoms with E-state index in [-0.39, 0.29) is 35.9 Å². The molecule has 1 N–H and O–H groups in total. The van der Waals surface area contributed by atoms with Gasteiger partial charge in [-0.3, -0.25) is 19.8 Å².